The molecule has 1 aromatic carbocycles. The van der Waals surface area contributed by atoms with Crippen LogP contribution in [-0.4, -0.2) is 47.7 Å². The van der Waals surface area contributed by atoms with Gasteiger partial charge in [0.15, 0.2) is 11.5 Å². The fourth-order valence-corrected chi connectivity index (χ4v) is 4.45. The molecule has 0 bridgehead atoms. The van der Waals surface area contributed by atoms with E-state index < -0.39 is 6.10 Å². The van der Waals surface area contributed by atoms with Gasteiger partial charge >= 0.3 is 0 Å². The minimum atomic E-state index is -0.600. The highest BCUT2D eigenvalue weighted by Gasteiger charge is 2.30. The summed E-state index contributed by atoms with van der Waals surface area (Å²) in [4.78, 5) is 24.1. The predicted octanol–water partition coefficient (Wildman–Crippen LogP) is 2.28. The number of amides is 1. The van der Waals surface area contributed by atoms with Crippen molar-refractivity contribution in [3.8, 4) is 11.5 Å². The van der Waals surface area contributed by atoms with E-state index in [0.29, 0.717) is 11.5 Å². The maximum absolute atomic E-state index is 12.7. The average Bonchev–Trinajstić information content (AvgIpc) is 2.79. The number of hydrogen-bond acceptors (Lipinski definition) is 6. The predicted molar refractivity (Wildman–Crippen MR) is 108 cm³/mol. The van der Waals surface area contributed by atoms with Crippen molar-refractivity contribution in [1.29, 1.82) is 0 Å². The summed E-state index contributed by atoms with van der Waals surface area (Å²) in [6.07, 6.45) is 7.46. The molecule has 0 saturated carbocycles. The minimum Gasteiger partial charge on any atom is -0.485 e. The van der Waals surface area contributed by atoms with Gasteiger partial charge in [-0.3, -0.25) is 4.79 Å². The van der Waals surface area contributed by atoms with Crippen molar-refractivity contribution in [2.75, 3.05) is 24.6 Å². The molecule has 1 saturated heterocycles. The zero-order valence-corrected chi connectivity index (χ0v) is 16.5. The summed E-state index contributed by atoms with van der Waals surface area (Å²) in [5.41, 5.74) is 2.54. The van der Waals surface area contributed by atoms with Gasteiger partial charge in [0, 0.05) is 30.4 Å². The van der Waals surface area contributed by atoms with Crippen LogP contribution in [0.2, 0.25) is 0 Å². The van der Waals surface area contributed by atoms with Crippen LogP contribution in [0, 0.1) is 0 Å². The van der Waals surface area contributed by atoms with Gasteiger partial charge in [0.1, 0.15) is 18.8 Å². The van der Waals surface area contributed by atoms with Gasteiger partial charge in [-0.25, -0.2) is 9.97 Å². The number of aromatic nitrogens is 2. The molecule has 3 heterocycles. The second-order valence-electron chi connectivity index (χ2n) is 7.96. The lowest BCUT2D eigenvalue weighted by Crippen LogP contribution is -2.51. The highest BCUT2D eigenvalue weighted by Crippen LogP contribution is 2.31. The van der Waals surface area contributed by atoms with E-state index >= 15 is 0 Å². The molecule has 2 aromatic rings. The molecule has 0 spiro atoms. The Labute approximate surface area is 170 Å². The molecule has 1 N–H and O–H groups in total. The van der Waals surface area contributed by atoms with E-state index in [1.54, 1.807) is 6.33 Å². The number of rotatable bonds is 3. The molecule has 0 unspecified atom stereocenters. The topological polar surface area (TPSA) is 76.6 Å². The van der Waals surface area contributed by atoms with Crippen molar-refractivity contribution in [3.05, 3.63) is 41.9 Å². The molecule has 1 amide bonds. The second-order valence-corrected chi connectivity index (χ2v) is 7.96. The van der Waals surface area contributed by atoms with Crippen LogP contribution in [0.15, 0.2) is 30.6 Å². The van der Waals surface area contributed by atoms with Crippen LogP contribution in [-0.2, 0) is 17.6 Å². The van der Waals surface area contributed by atoms with Crippen LogP contribution in [0.1, 0.15) is 36.9 Å². The molecule has 152 valence electrons. The Hall–Kier alpha value is -2.83. The Morgan fingerprint density at radius 2 is 1.86 bits per heavy atom. The van der Waals surface area contributed by atoms with Gasteiger partial charge in [-0.2, -0.15) is 0 Å². The van der Waals surface area contributed by atoms with Gasteiger partial charge in [0.2, 0.25) is 6.10 Å². The summed E-state index contributed by atoms with van der Waals surface area (Å²) in [6.45, 7) is 2.02. The zero-order chi connectivity index (χ0) is 19.6. The first kappa shape index (κ1) is 18.2. The summed E-state index contributed by atoms with van der Waals surface area (Å²) in [5, 5.41) is 3.15. The van der Waals surface area contributed by atoms with Gasteiger partial charge in [-0.15, -0.1) is 0 Å². The van der Waals surface area contributed by atoms with Crippen LogP contribution < -0.4 is 19.7 Å². The van der Waals surface area contributed by atoms with Crippen molar-refractivity contribution in [3.63, 3.8) is 0 Å². The third-order valence-electron chi connectivity index (χ3n) is 6.04. The maximum Gasteiger partial charge on any atom is 0.264 e. The van der Waals surface area contributed by atoms with Crippen LogP contribution >= 0.6 is 0 Å². The van der Waals surface area contributed by atoms with E-state index in [4.69, 9.17) is 9.47 Å². The Morgan fingerprint density at radius 1 is 1.07 bits per heavy atom. The third-order valence-corrected chi connectivity index (χ3v) is 6.04. The number of carbonyl (C=O) groups excluding carboxylic acids is 1. The smallest absolute Gasteiger partial charge is 0.264 e. The Kier molecular flexibility index (Phi) is 4.96. The summed E-state index contributed by atoms with van der Waals surface area (Å²) < 4.78 is 11.5. The molecule has 1 aromatic heterocycles. The number of nitrogens with one attached hydrogen (secondary N) is 1. The summed E-state index contributed by atoms with van der Waals surface area (Å²) in [7, 11) is 0. The highest BCUT2D eigenvalue weighted by atomic mass is 16.6. The standard InChI is InChI=1S/C22H26N4O3/c27-22(20-13-28-18-7-3-4-8-19(18)29-20)25-15-9-11-26(12-10-15)21-16-5-1-2-6-17(16)23-14-24-21/h3-4,7-8,14-15,20H,1-2,5-6,9-13H2,(H,25,27)/t20-/m1/s1. The van der Waals surface area contributed by atoms with Crippen LogP contribution in [0.4, 0.5) is 5.82 Å². The van der Waals surface area contributed by atoms with Crippen molar-refractivity contribution in [2.24, 2.45) is 0 Å². The summed E-state index contributed by atoms with van der Waals surface area (Å²) >= 11 is 0. The average molecular weight is 394 g/mol. The van der Waals surface area contributed by atoms with E-state index in [1.807, 2.05) is 24.3 Å². The first-order chi connectivity index (χ1) is 14.3. The molecule has 0 radical (unpaired) electrons. The van der Waals surface area contributed by atoms with E-state index in [-0.39, 0.29) is 18.6 Å². The van der Waals surface area contributed by atoms with Gasteiger partial charge in [-0.1, -0.05) is 12.1 Å². The van der Waals surface area contributed by atoms with Crippen molar-refractivity contribution >= 4 is 11.7 Å². The largest absolute Gasteiger partial charge is 0.485 e. The van der Waals surface area contributed by atoms with Gasteiger partial charge in [-0.05, 0) is 50.7 Å². The number of benzene rings is 1. The molecule has 1 aliphatic carbocycles. The van der Waals surface area contributed by atoms with Crippen molar-refractivity contribution in [1.82, 2.24) is 15.3 Å². The minimum absolute atomic E-state index is 0.0997. The Balaban J connectivity index is 1.17. The molecule has 7 heteroatoms. The van der Waals surface area contributed by atoms with E-state index in [9.17, 15) is 4.79 Å². The Bertz CT molecular complexity index is 895. The normalized spacial score (nSPS) is 21.4. The number of anilines is 1. The first-order valence-electron chi connectivity index (χ1n) is 10.5. The van der Waals surface area contributed by atoms with Gasteiger partial charge < -0.3 is 19.7 Å². The fraction of sp³-hybridized carbons (Fsp3) is 0.500. The quantitative estimate of drug-likeness (QED) is 0.861. The molecule has 2 aliphatic heterocycles. The monoisotopic (exact) mass is 394 g/mol. The number of ether oxygens (including phenoxy) is 2. The number of nitrogens with zero attached hydrogens (tertiary/aromatic N) is 3. The molecular formula is C22H26N4O3. The molecule has 3 aliphatic rings. The lowest BCUT2D eigenvalue weighted by Gasteiger charge is -2.35. The van der Waals surface area contributed by atoms with Gasteiger partial charge in [0.25, 0.3) is 5.91 Å². The van der Waals surface area contributed by atoms with Crippen molar-refractivity contribution < 1.29 is 14.3 Å². The maximum atomic E-state index is 12.7. The number of piperidine rings is 1. The lowest BCUT2D eigenvalue weighted by molar-refractivity contribution is -0.131. The number of carbonyl (C=O) groups is 1. The highest BCUT2D eigenvalue weighted by molar-refractivity contribution is 5.82. The molecule has 1 atom stereocenters. The van der Waals surface area contributed by atoms with E-state index in [2.05, 4.69) is 20.2 Å². The molecule has 7 nitrogen and oxygen atoms in total. The molecular weight excluding hydrogens is 368 g/mol. The molecule has 5 rings (SSSR count). The van der Waals surface area contributed by atoms with E-state index in [0.717, 1.165) is 44.6 Å². The third kappa shape index (κ3) is 3.73. The summed E-state index contributed by atoms with van der Waals surface area (Å²) in [5.74, 6) is 2.32. The lowest BCUT2D eigenvalue weighted by atomic mass is 9.95. The van der Waals surface area contributed by atoms with Crippen LogP contribution in [0.3, 0.4) is 0 Å². The Morgan fingerprint density at radius 3 is 2.72 bits per heavy atom. The van der Waals surface area contributed by atoms with Crippen LogP contribution in [0.25, 0.3) is 0 Å². The first-order valence-corrected chi connectivity index (χ1v) is 10.5. The number of hydrogen-bond donors (Lipinski definition) is 1. The number of aryl methyl sites for hydroxylation is 1. The van der Waals surface area contributed by atoms with Crippen molar-refractivity contribution in [2.45, 2.75) is 50.7 Å². The fourth-order valence-electron chi connectivity index (χ4n) is 4.45. The second kappa shape index (κ2) is 7.89. The number of fused-ring (bicyclic) bond motifs is 2. The number of para-hydroxylation sites is 2. The SMILES string of the molecule is O=C(NC1CCN(c2ncnc3c2CCCC3)CC1)[C@H]1COc2ccccc2O1. The molecule has 1 fully saturated rings. The van der Waals surface area contributed by atoms with Gasteiger partial charge in [0.05, 0.1) is 0 Å². The van der Waals surface area contributed by atoms with Crippen LogP contribution in [0.5, 0.6) is 11.5 Å². The molecule has 29 heavy (non-hydrogen) atoms. The summed E-state index contributed by atoms with van der Waals surface area (Å²) in [6, 6.07) is 7.60. The zero-order valence-electron chi connectivity index (χ0n) is 16.5. The van der Waals surface area contributed by atoms with E-state index in [1.165, 1.54) is 24.1 Å².